The van der Waals surface area contributed by atoms with Gasteiger partial charge in [-0.1, -0.05) is 0 Å². The largest absolute Gasteiger partial charge is 0.481 e. The Kier molecular flexibility index (Phi) is 5.29. The van der Waals surface area contributed by atoms with Crippen LogP contribution in [0.5, 0.6) is 0 Å². The number of carboxylic acids is 1. The summed E-state index contributed by atoms with van der Waals surface area (Å²) in [7, 11) is 0. The summed E-state index contributed by atoms with van der Waals surface area (Å²) in [6.45, 7) is 5.09. The van der Waals surface area contributed by atoms with E-state index in [9.17, 15) is 14.4 Å². The second kappa shape index (κ2) is 6.51. The van der Waals surface area contributed by atoms with Gasteiger partial charge in [0.1, 0.15) is 0 Å². The topological polar surface area (TPSA) is 98.7 Å². The third-order valence-electron chi connectivity index (χ3n) is 3.26. The fourth-order valence-electron chi connectivity index (χ4n) is 2.07. The molecule has 19 heavy (non-hydrogen) atoms. The zero-order valence-corrected chi connectivity index (χ0v) is 11.4. The first-order valence-electron chi connectivity index (χ1n) is 6.30. The van der Waals surface area contributed by atoms with Gasteiger partial charge >= 0.3 is 5.97 Å². The Morgan fingerprint density at radius 3 is 2.42 bits per heavy atom. The molecule has 1 saturated heterocycles. The highest BCUT2D eigenvalue weighted by Gasteiger charge is 2.40. The first-order chi connectivity index (χ1) is 8.83. The lowest BCUT2D eigenvalue weighted by Gasteiger charge is -2.19. The molecule has 0 aromatic carbocycles. The van der Waals surface area contributed by atoms with Crippen molar-refractivity contribution in [3.05, 3.63) is 0 Å². The van der Waals surface area contributed by atoms with Crippen LogP contribution in [0, 0.1) is 5.41 Å². The van der Waals surface area contributed by atoms with E-state index in [1.807, 2.05) is 4.90 Å². The number of hydrogen-bond donors (Lipinski definition) is 3. The Hall–Kier alpha value is -1.63. The van der Waals surface area contributed by atoms with Gasteiger partial charge in [-0.05, 0) is 19.9 Å². The molecule has 2 amide bonds. The zero-order valence-electron chi connectivity index (χ0n) is 11.4. The van der Waals surface area contributed by atoms with E-state index in [1.165, 1.54) is 6.92 Å². The van der Waals surface area contributed by atoms with Gasteiger partial charge in [-0.2, -0.15) is 0 Å². The van der Waals surface area contributed by atoms with Crippen LogP contribution in [0.3, 0.4) is 0 Å². The molecule has 1 unspecified atom stereocenters. The SMILES string of the molecule is CC(=O)NCCNC(=O)CN1CCC(C)(C(=O)O)C1. The predicted octanol–water partition coefficient (Wildman–Crippen LogP) is -0.965. The van der Waals surface area contributed by atoms with E-state index in [2.05, 4.69) is 10.6 Å². The number of aliphatic carboxylic acids is 1. The molecule has 7 heteroatoms. The average Bonchev–Trinajstić information content (AvgIpc) is 2.67. The average molecular weight is 271 g/mol. The fourth-order valence-corrected chi connectivity index (χ4v) is 2.07. The lowest BCUT2D eigenvalue weighted by atomic mass is 9.90. The van der Waals surface area contributed by atoms with Crippen LogP contribution in [0.15, 0.2) is 0 Å². The number of carbonyl (C=O) groups is 3. The van der Waals surface area contributed by atoms with Gasteiger partial charge in [-0.3, -0.25) is 19.3 Å². The first-order valence-corrected chi connectivity index (χ1v) is 6.30. The van der Waals surface area contributed by atoms with E-state index >= 15 is 0 Å². The molecule has 1 heterocycles. The van der Waals surface area contributed by atoms with Crippen LogP contribution < -0.4 is 10.6 Å². The number of nitrogens with one attached hydrogen (secondary N) is 2. The monoisotopic (exact) mass is 271 g/mol. The molecule has 108 valence electrons. The molecule has 1 aliphatic rings. The van der Waals surface area contributed by atoms with Crippen molar-refractivity contribution >= 4 is 17.8 Å². The van der Waals surface area contributed by atoms with E-state index in [1.54, 1.807) is 6.92 Å². The van der Waals surface area contributed by atoms with Crippen molar-refractivity contribution in [2.24, 2.45) is 5.41 Å². The van der Waals surface area contributed by atoms with Crippen molar-refractivity contribution in [3.63, 3.8) is 0 Å². The van der Waals surface area contributed by atoms with Gasteiger partial charge in [0, 0.05) is 26.6 Å². The minimum atomic E-state index is -0.818. The molecule has 0 radical (unpaired) electrons. The van der Waals surface area contributed by atoms with Crippen molar-refractivity contribution in [2.75, 3.05) is 32.7 Å². The molecule has 0 aromatic heterocycles. The minimum Gasteiger partial charge on any atom is -0.481 e. The zero-order chi connectivity index (χ0) is 14.5. The maximum Gasteiger partial charge on any atom is 0.310 e. The third kappa shape index (κ3) is 4.86. The quantitative estimate of drug-likeness (QED) is 0.540. The number of carbonyl (C=O) groups excluding carboxylic acids is 2. The molecule has 0 bridgehead atoms. The first kappa shape index (κ1) is 15.4. The minimum absolute atomic E-state index is 0.133. The molecule has 1 aliphatic heterocycles. The third-order valence-corrected chi connectivity index (χ3v) is 3.26. The molecule has 1 rings (SSSR count). The van der Waals surface area contributed by atoms with Gasteiger partial charge in [-0.25, -0.2) is 0 Å². The summed E-state index contributed by atoms with van der Waals surface area (Å²) in [6.07, 6.45) is 0.557. The van der Waals surface area contributed by atoms with Crippen LogP contribution in [-0.4, -0.2) is 60.5 Å². The van der Waals surface area contributed by atoms with Crippen molar-refractivity contribution in [1.82, 2.24) is 15.5 Å². The predicted molar refractivity (Wildman–Crippen MR) is 68.5 cm³/mol. The number of amides is 2. The summed E-state index contributed by atoms with van der Waals surface area (Å²) in [6, 6.07) is 0. The van der Waals surface area contributed by atoms with Crippen molar-refractivity contribution in [2.45, 2.75) is 20.3 Å². The molecular weight excluding hydrogens is 250 g/mol. The molecule has 0 aliphatic carbocycles. The molecule has 7 nitrogen and oxygen atoms in total. The Balaban J connectivity index is 2.23. The van der Waals surface area contributed by atoms with Crippen LogP contribution in [0.25, 0.3) is 0 Å². The van der Waals surface area contributed by atoms with Gasteiger partial charge in [0.15, 0.2) is 0 Å². The summed E-state index contributed by atoms with van der Waals surface area (Å²) < 4.78 is 0. The normalized spacial score (nSPS) is 23.1. The Labute approximate surface area is 112 Å². The van der Waals surface area contributed by atoms with Gasteiger partial charge in [0.05, 0.1) is 12.0 Å². The van der Waals surface area contributed by atoms with E-state index in [4.69, 9.17) is 5.11 Å². The highest BCUT2D eigenvalue weighted by Crippen LogP contribution is 2.29. The Bertz CT molecular complexity index is 372. The Morgan fingerprint density at radius 1 is 1.26 bits per heavy atom. The summed E-state index contributed by atoms with van der Waals surface area (Å²) in [5.41, 5.74) is -0.754. The summed E-state index contributed by atoms with van der Waals surface area (Å²) in [5, 5.41) is 14.3. The van der Waals surface area contributed by atoms with Gasteiger partial charge in [0.2, 0.25) is 11.8 Å². The lowest BCUT2D eigenvalue weighted by Crippen LogP contribution is -2.40. The number of rotatable bonds is 6. The van der Waals surface area contributed by atoms with E-state index in [0.29, 0.717) is 32.6 Å². The summed E-state index contributed by atoms with van der Waals surface area (Å²) in [5.74, 6) is -1.10. The smallest absolute Gasteiger partial charge is 0.310 e. The van der Waals surface area contributed by atoms with Crippen LogP contribution >= 0.6 is 0 Å². The maximum absolute atomic E-state index is 11.6. The maximum atomic E-state index is 11.6. The molecular formula is C12H21N3O4. The van der Waals surface area contributed by atoms with Crippen molar-refractivity contribution in [1.29, 1.82) is 0 Å². The number of likely N-dealkylation sites (tertiary alicyclic amines) is 1. The second-order valence-corrected chi connectivity index (χ2v) is 5.16. The highest BCUT2D eigenvalue weighted by atomic mass is 16.4. The van der Waals surface area contributed by atoms with Crippen LogP contribution in [-0.2, 0) is 14.4 Å². The molecule has 1 atom stereocenters. The van der Waals surface area contributed by atoms with Gasteiger partial charge < -0.3 is 15.7 Å². The van der Waals surface area contributed by atoms with E-state index in [-0.39, 0.29) is 18.4 Å². The second-order valence-electron chi connectivity index (χ2n) is 5.16. The molecule has 0 spiro atoms. The Morgan fingerprint density at radius 2 is 1.89 bits per heavy atom. The van der Waals surface area contributed by atoms with Gasteiger partial charge in [-0.15, -0.1) is 0 Å². The number of hydrogen-bond acceptors (Lipinski definition) is 4. The standard InChI is InChI=1S/C12H21N3O4/c1-9(16)13-4-5-14-10(17)7-15-6-3-12(2,8-15)11(18)19/h3-8H2,1-2H3,(H,13,16)(H,14,17)(H,18,19). The van der Waals surface area contributed by atoms with Crippen molar-refractivity contribution < 1.29 is 19.5 Å². The van der Waals surface area contributed by atoms with Crippen LogP contribution in [0.1, 0.15) is 20.3 Å². The highest BCUT2D eigenvalue weighted by molar-refractivity contribution is 5.79. The van der Waals surface area contributed by atoms with Crippen LogP contribution in [0.4, 0.5) is 0 Å². The van der Waals surface area contributed by atoms with Crippen LogP contribution in [0.2, 0.25) is 0 Å². The van der Waals surface area contributed by atoms with Crippen molar-refractivity contribution in [3.8, 4) is 0 Å². The van der Waals surface area contributed by atoms with E-state index < -0.39 is 11.4 Å². The summed E-state index contributed by atoms with van der Waals surface area (Å²) in [4.78, 5) is 35.1. The molecule has 0 aromatic rings. The lowest BCUT2D eigenvalue weighted by molar-refractivity contribution is -0.147. The van der Waals surface area contributed by atoms with Gasteiger partial charge in [0.25, 0.3) is 0 Å². The fraction of sp³-hybridized carbons (Fsp3) is 0.750. The number of carboxylic acid groups (broad SMARTS) is 1. The molecule has 0 saturated carbocycles. The molecule has 3 N–H and O–H groups in total. The number of nitrogens with zero attached hydrogens (tertiary/aromatic N) is 1. The van der Waals surface area contributed by atoms with E-state index in [0.717, 1.165) is 0 Å². The summed E-state index contributed by atoms with van der Waals surface area (Å²) >= 11 is 0. The molecule has 1 fully saturated rings.